The van der Waals surface area contributed by atoms with Gasteiger partial charge in [0.1, 0.15) is 11.5 Å². The first-order valence-electron chi connectivity index (χ1n) is 18.7. The lowest BCUT2D eigenvalue weighted by Gasteiger charge is -2.38. The third-order valence-electron chi connectivity index (χ3n) is 10.4. The van der Waals surface area contributed by atoms with E-state index in [1.807, 2.05) is 72.8 Å². The maximum absolute atomic E-state index is 13.2. The van der Waals surface area contributed by atoms with E-state index in [0.717, 1.165) is 35.5 Å². The van der Waals surface area contributed by atoms with Crippen molar-refractivity contribution in [2.75, 3.05) is 39.4 Å². The van der Waals surface area contributed by atoms with E-state index in [9.17, 15) is 9.59 Å². The first-order chi connectivity index (χ1) is 25.3. The van der Waals surface area contributed by atoms with Gasteiger partial charge in [-0.25, -0.2) is 9.59 Å². The number of ether oxygens (including phenoxy) is 2. The summed E-state index contributed by atoms with van der Waals surface area (Å²) in [7, 11) is 0. The van der Waals surface area contributed by atoms with Gasteiger partial charge in [-0.15, -0.1) is 10.1 Å². The average molecular weight is 705 g/mol. The second kappa shape index (κ2) is 17.7. The Balaban J connectivity index is 1.08. The summed E-state index contributed by atoms with van der Waals surface area (Å²) in [6, 6.07) is 37.0. The van der Waals surface area contributed by atoms with Crippen LogP contribution in [-0.4, -0.2) is 61.5 Å². The highest BCUT2D eigenvalue weighted by Gasteiger charge is 2.37. The van der Waals surface area contributed by atoms with Crippen molar-refractivity contribution < 1.29 is 28.7 Å². The van der Waals surface area contributed by atoms with Gasteiger partial charge in [0, 0.05) is 38.0 Å². The molecule has 0 aromatic heterocycles. The predicted octanol–water partition coefficient (Wildman–Crippen LogP) is 8.52. The van der Waals surface area contributed by atoms with E-state index >= 15 is 0 Å². The van der Waals surface area contributed by atoms with Crippen molar-refractivity contribution in [1.29, 1.82) is 0 Å². The van der Waals surface area contributed by atoms with E-state index in [1.54, 1.807) is 10.1 Å². The van der Waals surface area contributed by atoms with Crippen LogP contribution in [0.3, 0.4) is 0 Å². The number of hydroxylamine groups is 4. The summed E-state index contributed by atoms with van der Waals surface area (Å²) in [6.07, 6.45) is 1.50. The second-order valence-corrected chi connectivity index (χ2v) is 14.7. The average Bonchev–Trinajstić information content (AvgIpc) is 3.17. The molecule has 2 aliphatic rings. The fourth-order valence-electron chi connectivity index (χ4n) is 7.66. The normalized spacial score (nSPS) is 21.1. The topological polar surface area (TPSA) is 77.5 Å². The standard InChI is InChI=1S/C44H52N2O6/c1-31(2)37-19-11-13-21-41(37)49-29-35-27-45(25-23-39(35)33-15-7-5-8-16-33)51-43(47)44(48)52-46-26-24-40(34-17-9-6-10-18-34)36(28-46)30-50-42-22-14-12-20-38(42)32(3)4/h5-22,31-32,35-36,39-40H,23-30H2,1-4H3. The molecule has 0 bridgehead atoms. The minimum absolute atomic E-state index is 0.0267. The number of carbonyl (C=O) groups is 2. The number of carbonyl (C=O) groups excluding carboxylic acids is 2. The molecule has 0 amide bonds. The van der Waals surface area contributed by atoms with Gasteiger partial charge in [0.2, 0.25) is 0 Å². The summed E-state index contributed by atoms with van der Waals surface area (Å²) in [4.78, 5) is 37.8. The molecule has 4 atom stereocenters. The minimum Gasteiger partial charge on any atom is -0.493 e. The summed E-state index contributed by atoms with van der Waals surface area (Å²) in [6.45, 7) is 11.4. The van der Waals surface area contributed by atoms with Crippen LogP contribution in [0.25, 0.3) is 0 Å². The van der Waals surface area contributed by atoms with Gasteiger partial charge in [0.25, 0.3) is 0 Å². The molecule has 8 nitrogen and oxygen atoms in total. The Morgan fingerprint density at radius 1 is 0.558 bits per heavy atom. The molecule has 0 radical (unpaired) electrons. The van der Waals surface area contributed by atoms with Crippen LogP contribution < -0.4 is 9.47 Å². The van der Waals surface area contributed by atoms with Gasteiger partial charge in [-0.1, -0.05) is 125 Å². The number of rotatable bonds is 12. The number of benzene rings is 4. The molecule has 4 aromatic carbocycles. The molecule has 4 aromatic rings. The highest BCUT2D eigenvalue weighted by Crippen LogP contribution is 2.37. The maximum atomic E-state index is 13.2. The van der Waals surface area contributed by atoms with Gasteiger partial charge in [0.05, 0.1) is 13.2 Å². The van der Waals surface area contributed by atoms with Crippen LogP contribution in [0.2, 0.25) is 0 Å². The van der Waals surface area contributed by atoms with Crippen molar-refractivity contribution >= 4 is 11.9 Å². The summed E-state index contributed by atoms with van der Waals surface area (Å²) < 4.78 is 12.9. The zero-order chi connectivity index (χ0) is 36.5. The smallest absolute Gasteiger partial charge is 0.438 e. The Kier molecular flexibility index (Phi) is 12.6. The Morgan fingerprint density at radius 2 is 0.923 bits per heavy atom. The number of para-hydroxylation sites is 2. The number of hydrogen-bond acceptors (Lipinski definition) is 8. The molecular weight excluding hydrogens is 652 g/mol. The Labute approximate surface area is 308 Å². The fourth-order valence-corrected chi connectivity index (χ4v) is 7.66. The quantitative estimate of drug-likeness (QED) is 0.136. The van der Waals surface area contributed by atoms with E-state index < -0.39 is 11.9 Å². The van der Waals surface area contributed by atoms with Crippen molar-refractivity contribution in [3.63, 3.8) is 0 Å². The third kappa shape index (κ3) is 9.41. The van der Waals surface area contributed by atoms with Crippen LogP contribution in [0, 0.1) is 11.8 Å². The van der Waals surface area contributed by atoms with Crippen LogP contribution in [0.15, 0.2) is 109 Å². The van der Waals surface area contributed by atoms with E-state index in [-0.39, 0.29) is 23.7 Å². The van der Waals surface area contributed by atoms with Crippen LogP contribution in [0.5, 0.6) is 11.5 Å². The molecule has 0 N–H and O–H groups in total. The molecule has 274 valence electrons. The first kappa shape index (κ1) is 37.1. The molecule has 2 heterocycles. The van der Waals surface area contributed by atoms with Crippen molar-refractivity contribution in [1.82, 2.24) is 10.1 Å². The molecule has 2 aliphatic heterocycles. The SMILES string of the molecule is CC(C)c1ccccc1OCC1CN(OC(=O)C(=O)ON2CCC(c3ccccc3)C(COc3ccccc3C(C)C)C2)CCC1c1ccccc1. The van der Waals surface area contributed by atoms with Gasteiger partial charge in [0.15, 0.2) is 0 Å². The van der Waals surface area contributed by atoms with Gasteiger partial charge in [-0.2, -0.15) is 0 Å². The molecular formula is C44H52N2O6. The first-order valence-corrected chi connectivity index (χ1v) is 18.7. The number of hydrogen-bond donors (Lipinski definition) is 0. The van der Waals surface area contributed by atoms with E-state index in [4.69, 9.17) is 19.1 Å². The largest absolute Gasteiger partial charge is 0.493 e. The van der Waals surface area contributed by atoms with E-state index in [1.165, 1.54) is 11.1 Å². The van der Waals surface area contributed by atoms with Crippen LogP contribution in [0.4, 0.5) is 0 Å². The summed E-state index contributed by atoms with van der Waals surface area (Å²) in [5.74, 6) is 0.820. The molecule has 52 heavy (non-hydrogen) atoms. The second-order valence-electron chi connectivity index (χ2n) is 14.7. The zero-order valence-corrected chi connectivity index (χ0v) is 30.9. The van der Waals surface area contributed by atoms with E-state index in [0.29, 0.717) is 51.2 Å². The zero-order valence-electron chi connectivity index (χ0n) is 30.9. The lowest BCUT2D eigenvalue weighted by atomic mass is 9.81. The maximum Gasteiger partial charge on any atom is 0.438 e. The summed E-state index contributed by atoms with van der Waals surface area (Å²) >= 11 is 0. The highest BCUT2D eigenvalue weighted by atomic mass is 16.8. The number of piperidine rings is 2. The molecule has 0 saturated carbocycles. The fraction of sp³-hybridized carbons (Fsp3) is 0.409. The minimum atomic E-state index is -1.02. The predicted molar refractivity (Wildman–Crippen MR) is 202 cm³/mol. The molecule has 2 fully saturated rings. The lowest BCUT2D eigenvalue weighted by Crippen LogP contribution is -2.46. The van der Waals surface area contributed by atoms with E-state index in [2.05, 4.69) is 64.1 Å². The van der Waals surface area contributed by atoms with Crippen LogP contribution in [-0.2, 0) is 19.3 Å². The molecule has 4 unspecified atom stereocenters. The molecule has 8 heteroatoms. The third-order valence-corrected chi connectivity index (χ3v) is 10.4. The van der Waals surface area contributed by atoms with Gasteiger partial charge >= 0.3 is 11.9 Å². The van der Waals surface area contributed by atoms with Gasteiger partial charge in [-0.3, -0.25) is 0 Å². The van der Waals surface area contributed by atoms with Crippen molar-refractivity contribution in [2.24, 2.45) is 11.8 Å². The monoisotopic (exact) mass is 704 g/mol. The Hall–Kier alpha value is -4.66. The van der Waals surface area contributed by atoms with Crippen LogP contribution in [0.1, 0.15) is 86.5 Å². The Morgan fingerprint density at radius 3 is 1.31 bits per heavy atom. The van der Waals surface area contributed by atoms with Gasteiger partial charge < -0.3 is 19.1 Å². The molecule has 0 aliphatic carbocycles. The lowest BCUT2D eigenvalue weighted by molar-refractivity contribution is -0.227. The van der Waals surface area contributed by atoms with Crippen molar-refractivity contribution in [2.45, 2.75) is 64.2 Å². The Bertz CT molecular complexity index is 1620. The van der Waals surface area contributed by atoms with Gasteiger partial charge in [-0.05, 0) is 70.9 Å². The van der Waals surface area contributed by atoms with Crippen molar-refractivity contribution in [3.8, 4) is 11.5 Å². The molecule has 0 spiro atoms. The highest BCUT2D eigenvalue weighted by molar-refractivity contribution is 6.29. The summed E-state index contributed by atoms with van der Waals surface area (Å²) in [5.41, 5.74) is 4.76. The summed E-state index contributed by atoms with van der Waals surface area (Å²) in [5, 5.41) is 3.19. The molecule has 2 saturated heterocycles. The molecule has 6 rings (SSSR count). The van der Waals surface area contributed by atoms with Crippen molar-refractivity contribution in [3.05, 3.63) is 131 Å². The number of nitrogens with zero attached hydrogens (tertiary/aromatic N) is 2. The van der Waals surface area contributed by atoms with Crippen LogP contribution >= 0.6 is 0 Å².